The lowest BCUT2D eigenvalue weighted by atomic mass is 10.0. The smallest absolute Gasteiger partial charge is 0.337 e. The van der Waals surface area contributed by atoms with Gasteiger partial charge in [0.05, 0.1) is 12.7 Å². The van der Waals surface area contributed by atoms with Crippen LogP contribution in [0.4, 0.5) is 0 Å². The van der Waals surface area contributed by atoms with Crippen LogP contribution in [0.25, 0.3) is 0 Å². The molecule has 0 spiro atoms. The molecule has 0 aromatic heterocycles. The molecule has 0 aliphatic heterocycles. The van der Waals surface area contributed by atoms with Gasteiger partial charge in [0, 0.05) is 31.3 Å². The van der Waals surface area contributed by atoms with Crippen molar-refractivity contribution in [1.29, 1.82) is 0 Å². The highest BCUT2D eigenvalue weighted by atomic mass is 79.9. The largest absolute Gasteiger partial charge is 0.465 e. The topological polar surface area (TPSA) is 47.6 Å². The van der Waals surface area contributed by atoms with E-state index >= 15 is 0 Å². The van der Waals surface area contributed by atoms with E-state index in [2.05, 4.69) is 21.2 Å². The van der Waals surface area contributed by atoms with Crippen LogP contribution in [0.5, 0.6) is 0 Å². The Bertz CT molecular complexity index is 500. The zero-order valence-electron chi connectivity index (χ0n) is 12.6. The summed E-state index contributed by atoms with van der Waals surface area (Å²) >= 11 is 3.52. The maximum absolute atomic E-state index is 11.5. The van der Waals surface area contributed by atoms with Crippen molar-refractivity contribution in [3.05, 3.63) is 33.8 Å². The first kappa shape index (κ1) is 16.5. The normalized spacial score (nSPS) is 15.8. The van der Waals surface area contributed by atoms with Gasteiger partial charge in [-0.25, -0.2) is 4.79 Å². The summed E-state index contributed by atoms with van der Waals surface area (Å²) in [6.45, 7) is 2.64. The molecule has 4 nitrogen and oxygen atoms in total. The lowest BCUT2D eigenvalue weighted by Crippen LogP contribution is -2.24. The van der Waals surface area contributed by atoms with Crippen molar-refractivity contribution >= 4 is 21.9 Å². The van der Waals surface area contributed by atoms with Gasteiger partial charge in [-0.2, -0.15) is 0 Å². The number of benzene rings is 1. The lowest BCUT2D eigenvalue weighted by Gasteiger charge is -2.16. The highest BCUT2D eigenvalue weighted by Gasteiger charge is 2.41. The lowest BCUT2D eigenvalue weighted by molar-refractivity contribution is 0.0600. The van der Waals surface area contributed by atoms with Crippen LogP contribution in [0.15, 0.2) is 22.7 Å². The summed E-state index contributed by atoms with van der Waals surface area (Å²) < 4.78 is 10.8. The number of hydrogen-bond acceptors (Lipinski definition) is 4. The molecule has 0 amide bonds. The van der Waals surface area contributed by atoms with E-state index < -0.39 is 0 Å². The molecule has 1 aromatic carbocycles. The summed E-state index contributed by atoms with van der Waals surface area (Å²) in [5, 5.41) is 3.52. The van der Waals surface area contributed by atoms with Crippen molar-refractivity contribution in [2.45, 2.75) is 25.8 Å². The molecule has 1 aliphatic carbocycles. The summed E-state index contributed by atoms with van der Waals surface area (Å²) in [4.78, 5) is 11.5. The van der Waals surface area contributed by atoms with E-state index in [9.17, 15) is 4.79 Å². The second-order valence-electron chi connectivity index (χ2n) is 5.64. The molecule has 1 fully saturated rings. The number of esters is 1. The van der Waals surface area contributed by atoms with Gasteiger partial charge in [0.15, 0.2) is 0 Å². The molecule has 2 rings (SSSR count). The summed E-state index contributed by atoms with van der Waals surface area (Å²) in [6.07, 6.45) is 3.69. The zero-order chi connectivity index (χ0) is 15.3. The van der Waals surface area contributed by atoms with Crippen LogP contribution in [0.1, 0.15) is 35.2 Å². The van der Waals surface area contributed by atoms with E-state index in [4.69, 9.17) is 9.47 Å². The van der Waals surface area contributed by atoms with Gasteiger partial charge >= 0.3 is 5.97 Å². The molecule has 1 N–H and O–H groups in total. The summed E-state index contributed by atoms with van der Waals surface area (Å²) in [5.41, 5.74) is 2.14. The molecule has 0 radical (unpaired) electrons. The monoisotopic (exact) mass is 355 g/mol. The van der Waals surface area contributed by atoms with E-state index in [0.29, 0.717) is 11.0 Å². The molecule has 0 heterocycles. The number of ether oxygens (including phenoxy) is 2. The highest BCUT2D eigenvalue weighted by Crippen LogP contribution is 2.48. The van der Waals surface area contributed by atoms with E-state index in [1.165, 1.54) is 20.0 Å². The van der Waals surface area contributed by atoms with Crippen molar-refractivity contribution in [3.63, 3.8) is 0 Å². The van der Waals surface area contributed by atoms with Crippen LogP contribution >= 0.6 is 15.9 Å². The van der Waals surface area contributed by atoms with Gasteiger partial charge < -0.3 is 14.8 Å². The number of methoxy groups -OCH3 is 2. The van der Waals surface area contributed by atoms with Crippen molar-refractivity contribution in [2.75, 3.05) is 27.4 Å². The van der Waals surface area contributed by atoms with Gasteiger partial charge in [0.2, 0.25) is 0 Å². The molecule has 0 bridgehead atoms. The Kier molecular flexibility index (Phi) is 5.79. The van der Waals surface area contributed by atoms with Crippen molar-refractivity contribution in [3.8, 4) is 0 Å². The molecule has 5 heteroatoms. The molecule has 1 saturated carbocycles. The van der Waals surface area contributed by atoms with E-state index in [1.54, 1.807) is 19.2 Å². The average molecular weight is 356 g/mol. The predicted octanol–water partition coefficient (Wildman–Crippen LogP) is 3.14. The minimum Gasteiger partial charge on any atom is -0.465 e. The van der Waals surface area contributed by atoms with Crippen LogP contribution in [-0.4, -0.2) is 33.3 Å². The van der Waals surface area contributed by atoms with Crippen LogP contribution in [0.2, 0.25) is 0 Å². The molecule has 0 saturated heterocycles. The quantitative estimate of drug-likeness (QED) is 0.727. The van der Waals surface area contributed by atoms with E-state index in [-0.39, 0.29) is 5.97 Å². The van der Waals surface area contributed by atoms with Crippen LogP contribution in [0, 0.1) is 5.41 Å². The minimum absolute atomic E-state index is 0.313. The maximum Gasteiger partial charge on any atom is 0.337 e. The Labute approximate surface area is 134 Å². The van der Waals surface area contributed by atoms with Gasteiger partial charge in [0.1, 0.15) is 0 Å². The Balaban J connectivity index is 1.85. The summed E-state index contributed by atoms with van der Waals surface area (Å²) in [6, 6.07) is 5.56. The second kappa shape index (κ2) is 7.38. The first-order valence-corrected chi connectivity index (χ1v) is 7.96. The average Bonchev–Trinajstić information content (AvgIpc) is 3.26. The fourth-order valence-corrected chi connectivity index (χ4v) is 2.93. The Morgan fingerprint density at radius 2 is 2.14 bits per heavy atom. The van der Waals surface area contributed by atoms with E-state index in [1.807, 2.05) is 6.07 Å². The third kappa shape index (κ3) is 4.53. The highest BCUT2D eigenvalue weighted by molar-refractivity contribution is 9.10. The zero-order valence-corrected chi connectivity index (χ0v) is 14.2. The van der Waals surface area contributed by atoms with E-state index in [0.717, 1.165) is 36.2 Å². The first-order valence-electron chi connectivity index (χ1n) is 7.17. The van der Waals surface area contributed by atoms with Crippen LogP contribution < -0.4 is 5.32 Å². The van der Waals surface area contributed by atoms with Gasteiger partial charge in [-0.15, -0.1) is 0 Å². The first-order chi connectivity index (χ1) is 10.1. The molecular weight excluding hydrogens is 334 g/mol. The predicted molar refractivity (Wildman–Crippen MR) is 85.3 cm³/mol. The summed E-state index contributed by atoms with van der Waals surface area (Å²) in [7, 11) is 3.14. The number of rotatable bonds is 8. The Morgan fingerprint density at radius 1 is 1.38 bits per heavy atom. The molecule has 116 valence electrons. The molecule has 0 unspecified atom stereocenters. The molecule has 0 atom stereocenters. The third-order valence-corrected chi connectivity index (χ3v) is 4.82. The van der Waals surface area contributed by atoms with Gasteiger partial charge in [-0.05, 0) is 42.4 Å². The Morgan fingerprint density at radius 3 is 2.71 bits per heavy atom. The fraction of sp³-hybridized carbons (Fsp3) is 0.562. The second-order valence-corrected chi connectivity index (χ2v) is 6.50. The fourth-order valence-electron chi connectivity index (χ4n) is 2.41. The van der Waals surface area contributed by atoms with Gasteiger partial charge in [-0.3, -0.25) is 0 Å². The van der Waals surface area contributed by atoms with Gasteiger partial charge in [0.25, 0.3) is 0 Å². The SMILES string of the molecule is COCCC1(CNCc2ccc(C(=O)OC)cc2Br)CC1. The van der Waals surface area contributed by atoms with Crippen LogP contribution in [0.3, 0.4) is 0 Å². The van der Waals surface area contributed by atoms with Gasteiger partial charge in [-0.1, -0.05) is 22.0 Å². The summed E-state index contributed by atoms with van der Waals surface area (Å²) in [5.74, 6) is -0.313. The van der Waals surface area contributed by atoms with Crippen molar-refractivity contribution in [1.82, 2.24) is 5.32 Å². The minimum atomic E-state index is -0.313. The number of halogens is 1. The maximum atomic E-state index is 11.5. The molecule has 1 aliphatic rings. The van der Waals surface area contributed by atoms with Crippen molar-refractivity contribution < 1.29 is 14.3 Å². The third-order valence-electron chi connectivity index (χ3n) is 4.08. The number of carbonyl (C=O) groups is 1. The van der Waals surface area contributed by atoms with Crippen molar-refractivity contribution in [2.24, 2.45) is 5.41 Å². The standard InChI is InChI=1S/C16H22BrNO3/c1-20-8-7-16(5-6-16)11-18-10-13-4-3-12(9-14(13)17)15(19)21-2/h3-4,9,18H,5-8,10-11H2,1-2H3. The molecular formula is C16H22BrNO3. The molecule has 21 heavy (non-hydrogen) atoms. The molecule has 1 aromatic rings. The Hall–Kier alpha value is -0.910. The number of carbonyl (C=O) groups excluding carboxylic acids is 1. The number of nitrogens with one attached hydrogen (secondary N) is 1. The number of hydrogen-bond donors (Lipinski definition) is 1. The van der Waals surface area contributed by atoms with Crippen LogP contribution in [-0.2, 0) is 16.0 Å².